The van der Waals surface area contributed by atoms with Crippen LogP contribution in [0.2, 0.25) is 0 Å². The highest BCUT2D eigenvalue weighted by atomic mass is 16.5. The highest BCUT2D eigenvalue weighted by molar-refractivity contribution is 6.04. The summed E-state index contributed by atoms with van der Waals surface area (Å²) in [4.78, 5) is 37.9. The highest BCUT2D eigenvalue weighted by Crippen LogP contribution is 2.31. The van der Waals surface area contributed by atoms with Gasteiger partial charge >= 0.3 is 6.03 Å². The molecule has 2 aliphatic heterocycles. The second kappa shape index (κ2) is 5.67. The van der Waals surface area contributed by atoms with E-state index in [2.05, 4.69) is 5.32 Å². The number of urea groups is 1. The van der Waals surface area contributed by atoms with E-state index in [4.69, 9.17) is 4.74 Å². The zero-order valence-corrected chi connectivity index (χ0v) is 12.2. The van der Waals surface area contributed by atoms with Crippen molar-refractivity contribution in [3.63, 3.8) is 0 Å². The van der Waals surface area contributed by atoms with Gasteiger partial charge in [0.25, 0.3) is 5.91 Å². The van der Waals surface area contributed by atoms with Crippen LogP contribution < -0.4 is 10.1 Å². The second-order valence-corrected chi connectivity index (χ2v) is 5.41. The minimum atomic E-state index is -0.437. The first-order valence-electron chi connectivity index (χ1n) is 7.13. The predicted molar refractivity (Wildman–Crippen MR) is 77.2 cm³/mol. The molecule has 1 N–H and O–H groups in total. The summed E-state index contributed by atoms with van der Waals surface area (Å²) in [5, 5.41) is 2.87. The molecule has 2 aliphatic rings. The molecule has 4 amide bonds. The number of fused-ring (bicyclic) bond motifs is 1. The first-order chi connectivity index (χ1) is 10.6. The third-order valence-corrected chi connectivity index (χ3v) is 3.83. The Morgan fingerprint density at radius 3 is 2.86 bits per heavy atom. The lowest BCUT2D eigenvalue weighted by Crippen LogP contribution is -2.42. The van der Waals surface area contributed by atoms with Gasteiger partial charge in [-0.1, -0.05) is 18.2 Å². The Balaban J connectivity index is 1.66. The van der Waals surface area contributed by atoms with Crippen LogP contribution in [0, 0.1) is 0 Å². The van der Waals surface area contributed by atoms with Crippen molar-refractivity contribution in [1.29, 1.82) is 0 Å². The number of carbonyl (C=O) groups excluding carboxylic acids is 3. The summed E-state index contributed by atoms with van der Waals surface area (Å²) < 4.78 is 5.54. The number of hydrogen-bond acceptors (Lipinski definition) is 4. The fraction of sp³-hybridized carbons (Fsp3) is 0.400. The maximum Gasteiger partial charge on any atom is 0.327 e. The molecule has 22 heavy (non-hydrogen) atoms. The maximum atomic E-state index is 12.2. The SMILES string of the molecule is CN1CC(=O)N(CC(=O)N[C@@H]2CCOc3ccccc32)C1=O. The minimum Gasteiger partial charge on any atom is -0.493 e. The molecular formula is C15H17N3O4. The molecule has 0 unspecified atom stereocenters. The fourth-order valence-electron chi connectivity index (χ4n) is 2.70. The molecule has 0 radical (unpaired) electrons. The van der Waals surface area contributed by atoms with Crippen LogP contribution in [0.25, 0.3) is 0 Å². The number of carbonyl (C=O) groups is 3. The van der Waals surface area contributed by atoms with Crippen molar-refractivity contribution in [2.24, 2.45) is 0 Å². The van der Waals surface area contributed by atoms with Crippen LogP contribution in [-0.2, 0) is 9.59 Å². The van der Waals surface area contributed by atoms with Gasteiger partial charge in [0.15, 0.2) is 0 Å². The van der Waals surface area contributed by atoms with E-state index < -0.39 is 6.03 Å². The Morgan fingerprint density at radius 2 is 2.14 bits per heavy atom. The van der Waals surface area contributed by atoms with E-state index in [0.717, 1.165) is 16.2 Å². The number of hydrogen-bond donors (Lipinski definition) is 1. The maximum absolute atomic E-state index is 12.2. The summed E-state index contributed by atoms with van der Waals surface area (Å²) >= 11 is 0. The molecule has 1 saturated heterocycles. The summed E-state index contributed by atoms with van der Waals surface area (Å²) in [7, 11) is 1.53. The Kier molecular flexibility index (Phi) is 3.70. The molecular weight excluding hydrogens is 286 g/mol. The van der Waals surface area contributed by atoms with Gasteiger partial charge in [0, 0.05) is 19.0 Å². The molecule has 116 valence electrons. The Hall–Kier alpha value is -2.57. The minimum absolute atomic E-state index is 0.0201. The first-order valence-corrected chi connectivity index (χ1v) is 7.13. The van der Waals surface area contributed by atoms with Gasteiger partial charge in [-0.15, -0.1) is 0 Å². The number of likely N-dealkylation sites (N-methyl/N-ethyl adjacent to an activating group) is 1. The zero-order chi connectivity index (χ0) is 15.7. The molecule has 2 heterocycles. The summed E-state index contributed by atoms with van der Waals surface area (Å²) in [6, 6.07) is 6.92. The fourth-order valence-corrected chi connectivity index (χ4v) is 2.70. The lowest BCUT2D eigenvalue weighted by Gasteiger charge is -2.27. The van der Waals surface area contributed by atoms with E-state index in [1.807, 2.05) is 24.3 Å². The van der Waals surface area contributed by atoms with Crippen LogP contribution in [0.1, 0.15) is 18.0 Å². The molecule has 0 aliphatic carbocycles. The Bertz CT molecular complexity index is 631. The number of nitrogens with one attached hydrogen (secondary N) is 1. The number of nitrogens with zero attached hydrogens (tertiary/aromatic N) is 2. The summed E-state index contributed by atoms with van der Waals surface area (Å²) in [6.07, 6.45) is 0.657. The number of rotatable bonds is 3. The lowest BCUT2D eigenvalue weighted by atomic mass is 10.0. The lowest BCUT2D eigenvalue weighted by molar-refractivity contribution is -0.131. The molecule has 0 aromatic heterocycles. The van der Waals surface area contributed by atoms with E-state index >= 15 is 0 Å². The van der Waals surface area contributed by atoms with Gasteiger partial charge in [-0.25, -0.2) is 4.79 Å². The van der Waals surface area contributed by atoms with Gasteiger partial charge < -0.3 is 15.0 Å². The van der Waals surface area contributed by atoms with Crippen LogP contribution in [0.5, 0.6) is 5.75 Å². The van der Waals surface area contributed by atoms with Gasteiger partial charge in [-0.3, -0.25) is 14.5 Å². The number of imide groups is 1. The number of amides is 4. The van der Waals surface area contributed by atoms with Crippen LogP contribution in [0.3, 0.4) is 0 Å². The van der Waals surface area contributed by atoms with Crippen LogP contribution >= 0.6 is 0 Å². The highest BCUT2D eigenvalue weighted by Gasteiger charge is 2.35. The molecule has 0 saturated carbocycles. The monoisotopic (exact) mass is 303 g/mol. The van der Waals surface area contributed by atoms with E-state index in [1.54, 1.807) is 0 Å². The average Bonchev–Trinajstić information content (AvgIpc) is 2.74. The smallest absolute Gasteiger partial charge is 0.327 e. The van der Waals surface area contributed by atoms with Crippen molar-refractivity contribution in [3.8, 4) is 5.75 Å². The molecule has 1 aromatic rings. The molecule has 7 nitrogen and oxygen atoms in total. The summed E-state index contributed by atoms with van der Waals surface area (Å²) in [5.41, 5.74) is 0.915. The average molecular weight is 303 g/mol. The molecule has 7 heteroatoms. The van der Waals surface area contributed by atoms with E-state index in [1.165, 1.54) is 11.9 Å². The molecule has 0 spiro atoms. The van der Waals surface area contributed by atoms with Crippen molar-refractivity contribution < 1.29 is 19.1 Å². The van der Waals surface area contributed by atoms with Crippen LogP contribution in [-0.4, -0.2) is 54.4 Å². The standard InChI is InChI=1S/C15H17N3O4/c1-17-9-14(20)18(15(17)21)8-13(19)16-11-6-7-22-12-5-3-2-4-10(11)12/h2-5,11H,6-9H2,1H3,(H,16,19)/t11-/m1/s1. The first kappa shape index (κ1) is 14.4. The van der Waals surface area contributed by atoms with Gasteiger partial charge in [-0.2, -0.15) is 0 Å². The van der Waals surface area contributed by atoms with E-state index in [-0.39, 0.29) is 30.9 Å². The molecule has 3 rings (SSSR count). The van der Waals surface area contributed by atoms with Gasteiger partial charge in [-0.05, 0) is 6.07 Å². The van der Waals surface area contributed by atoms with Gasteiger partial charge in [0.2, 0.25) is 5.91 Å². The molecule has 1 aromatic carbocycles. The summed E-state index contributed by atoms with van der Waals surface area (Å²) in [5.74, 6) is 0.0563. The molecule has 1 fully saturated rings. The van der Waals surface area contributed by atoms with E-state index in [9.17, 15) is 14.4 Å². The Morgan fingerprint density at radius 1 is 1.36 bits per heavy atom. The molecule has 1 atom stereocenters. The Labute approximate surface area is 127 Å². The number of ether oxygens (including phenoxy) is 1. The molecule has 0 bridgehead atoms. The largest absolute Gasteiger partial charge is 0.493 e. The summed E-state index contributed by atoms with van der Waals surface area (Å²) in [6.45, 7) is 0.292. The quantitative estimate of drug-likeness (QED) is 0.826. The van der Waals surface area contributed by atoms with Crippen molar-refractivity contribution in [2.75, 3.05) is 26.7 Å². The second-order valence-electron chi connectivity index (χ2n) is 5.41. The zero-order valence-electron chi connectivity index (χ0n) is 12.2. The van der Waals surface area contributed by atoms with Crippen molar-refractivity contribution in [2.45, 2.75) is 12.5 Å². The topological polar surface area (TPSA) is 79.0 Å². The van der Waals surface area contributed by atoms with Crippen LogP contribution in [0.15, 0.2) is 24.3 Å². The number of benzene rings is 1. The van der Waals surface area contributed by atoms with Gasteiger partial charge in [0.05, 0.1) is 12.6 Å². The normalized spacial score (nSPS) is 20.7. The third-order valence-electron chi connectivity index (χ3n) is 3.83. The number of para-hydroxylation sites is 1. The van der Waals surface area contributed by atoms with Crippen molar-refractivity contribution >= 4 is 17.8 Å². The van der Waals surface area contributed by atoms with E-state index in [0.29, 0.717) is 13.0 Å². The predicted octanol–water partition coefficient (Wildman–Crippen LogP) is 0.520. The van der Waals surface area contributed by atoms with Crippen molar-refractivity contribution in [3.05, 3.63) is 29.8 Å². The van der Waals surface area contributed by atoms with Crippen molar-refractivity contribution in [1.82, 2.24) is 15.1 Å². The third kappa shape index (κ3) is 2.61. The van der Waals surface area contributed by atoms with Crippen LogP contribution in [0.4, 0.5) is 4.79 Å². The van der Waals surface area contributed by atoms with Gasteiger partial charge in [0.1, 0.15) is 18.8 Å².